The van der Waals surface area contributed by atoms with Gasteiger partial charge in [0.1, 0.15) is 5.75 Å². The molecule has 0 saturated carbocycles. The molecule has 0 aliphatic carbocycles. The summed E-state index contributed by atoms with van der Waals surface area (Å²) in [6, 6.07) is 16.3. The molecule has 2 aromatic rings. The fourth-order valence-corrected chi connectivity index (χ4v) is 4.11. The number of benzene rings is 2. The minimum atomic E-state index is -0.147. The molecule has 0 bridgehead atoms. The van der Waals surface area contributed by atoms with Gasteiger partial charge < -0.3 is 15.4 Å². The van der Waals surface area contributed by atoms with Gasteiger partial charge in [0, 0.05) is 10.9 Å². The zero-order valence-electron chi connectivity index (χ0n) is 17.0. The summed E-state index contributed by atoms with van der Waals surface area (Å²) in [5, 5.41) is 0.825. The molecule has 1 heterocycles. The van der Waals surface area contributed by atoms with Crippen LogP contribution in [0.4, 0.5) is 0 Å². The first-order valence-corrected chi connectivity index (χ1v) is 11.0. The Morgan fingerprint density at radius 2 is 1.66 bits per heavy atom. The number of halogens is 1. The monoisotopic (exact) mass is 414 g/mol. The Hall–Kier alpha value is -2.04. The Labute approximate surface area is 179 Å². The number of para-hydroxylation sites is 1. The SMILES string of the molecule is NC(=O)C1CCN(CCCCOc2ccccc2CCc2ccccc2Cl)CC1. The summed E-state index contributed by atoms with van der Waals surface area (Å²) in [7, 11) is 0. The predicted octanol–water partition coefficient (Wildman–Crippen LogP) is 4.48. The van der Waals surface area contributed by atoms with Crippen molar-refractivity contribution in [3.63, 3.8) is 0 Å². The fraction of sp³-hybridized carbons (Fsp3) is 0.458. The van der Waals surface area contributed by atoms with E-state index in [4.69, 9.17) is 22.1 Å². The lowest BCUT2D eigenvalue weighted by atomic mass is 9.96. The van der Waals surface area contributed by atoms with E-state index in [9.17, 15) is 4.79 Å². The van der Waals surface area contributed by atoms with Crippen LogP contribution in [0.2, 0.25) is 5.02 Å². The lowest BCUT2D eigenvalue weighted by molar-refractivity contribution is -0.123. The number of likely N-dealkylation sites (tertiary alicyclic amines) is 1. The average molecular weight is 415 g/mol. The Balaban J connectivity index is 1.38. The van der Waals surface area contributed by atoms with Crippen molar-refractivity contribution >= 4 is 17.5 Å². The van der Waals surface area contributed by atoms with E-state index in [1.807, 2.05) is 24.3 Å². The number of nitrogens with two attached hydrogens (primary N) is 1. The summed E-state index contributed by atoms with van der Waals surface area (Å²) in [5.41, 5.74) is 7.79. The van der Waals surface area contributed by atoms with Gasteiger partial charge in [0.15, 0.2) is 0 Å². The van der Waals surface area contributed by atoms with E-state index in [0.717, 1.165) is 75.5 Å². The van der Waals surface area contributed by atoms with Crippen LogP contribution in [0.1, 0.15) is 36.8 Å². The zero-order valence-corrected chi connectivity index (χ0v) is 17.7. The maximum absolute atomic E-state index is 11.2. The van der Waals surface area contributed by atoms with Crippen LogP contribution in [0.15, 0.2) is 48.5 Å². The number of hydrogen-bond donors (Lipinski definition) is 1. The molecule has 1 saturated heterocycles. The minimum Gasteiger partial charge on any atom is -0.493 e. The highest BCUT2D eigenvalue weighted by atomic mass is 35.5. The number of piperidine rings is 1. The number of carbonyl (C=O) groups is 1. The third-order valence-corrected chi connectivity index (χ3v) is 6.08. The van der Waals surface area contributed by atoms with Crippen molar-refractivity contribution in [1.82, 2.24) is 4.90 Å². The highest BCUT2D eigenvalue weighted by molar-refractivity contribution is 6.31. The van der Waals surface area contributed by atoms with Crippen molar-refractivity contribution < 1.29 is 9.53 Å². The van der Waals surface area contributed by atoms with Crippen LogP contribution in [-0.2, 0) is 17.6 Å². The van der Waals surface area contributed by atoms with Gasteiger partial charge in [-0.15, -0.1) is 0 Å². The van der Waals surface area contributed by atoms with Crippen molar-refractivity contribution in [2.24, 2.45) is 11.7 Å². The van der Waals surface area contributed by atoms with E-state index in [2.05, 4.69) is 29.2 Å². The van der Waals surface area contributed by atoms with Crippen LogP contribution in [0.5, 0.6) is 5.75 Å². The van der Waals surface area contributed by atoms with E-state index in [0.29, 0.717) is 0 Å². The molecule has 1 aliphatic heterocycles. The van der Waals surface area contributed by atoms with Gasteiger partial charge in [-0.3, -0.25) is 4.79 Å². The van der Waals surface area contributed by atoms with Crippen molar-refractivity contribution in [3.8, 4) is 5.75 Å². The van der Waals surface area contributed by atoms with Gasteiger partial charge >= 0.3 is 0 Å². The van der Waals surface area contributed by atoms with Gasteiger partial charge in [-0.2, -0.15) is 0 Å². The first kappa shape index (κ1) is 21.7. The van der Waals surface area contributed by atoms with Gasteiger partial charge in [-0.05, 0) is 81.4 Å². The predicted molar refractivity (Wildman–Crippen MR) is 118 cm³/mol. The Morgan fingerprint density at radius 1 is 1.00 bits per heavy atom. The van der Waals surface area contributed by atoms with Crippen LogP contribution < -0.4 is 10.5 Å². The standard InChI is InChI=1S/C24H31ClN2O2/c25-22-9-3-1-7-19(22)11-12-20-8-2-4-10-23(20)29-18-6-5-15-27-16-13-21(14-17-27)24(26)28/h1-4,7-10,21H,5-6,11-18H2,(H2,26,28). The number of unbranched alkanes of at least 4 members (excludes halogenated alkanes) is 1. The largest absolute Gasteiger partial charge is 0.493 e. The Bertz CT molecular complexity index is 788. The maximum Gasteiger partial charge on any atom is 0.220 e. The van der Waals surface area contributed by atoms with Crippen LogP contribution >= 0.6 is 11.6 Å². The first-order chi connectivity index (χ1) is 14.1. The molecule has 3 rings (SSSR count). The summed E-state index contributed by atoms with van der Waals surface area (Å²) >= 11 is 6.28. The van der Waals surface area contributed by atoms with E-state index < -0.39 is 0 Å². The number of ether oxygens (including phenoxy) is 1. The molecule has 0 atom stereocenters. The highest BCUT2D eigenvalue weighted by Gasteiger charge is 2.22. The Kier molecular flexibility index (Phi) is 8.38. The normalized spacial score (nSPS) is 15.3. The van der Waals surface area contributed by atoms with Crippen LogP contribution in [0.25, 0.3) is 0 Å². The molecule has 4 nitrogen and oxygen atoms in total. The summed E-state index contributed by atoms with van der Waals surface area (Å²) in [4.78, 5) is 13.7. The highest BCUT2D eigenvalue weighted by Crippen LogP contribution is 2.23. The zero-order chi connectivity index (χ0) is 20.5. The molecule has 1 fully saturated rings. The lowest BCUT2D eigenvalue weighted by Crippen LogP contribution is -2.38. The molecule has 0 aromatic heterocycles. The number of aryl methyl sites for hydroxylation is 2. The van der Waals surface area contributed by atoms with Gasteiger partial charge in [-0.1, -0.05) is 48.0 Å². The second-order valence-electron chi connectivity index (χ2n) is 7.77. The summed E-state index contributed by atoms with van der Waals surface area (Å²) in [6.07, 6.45) is 5.73. The van der Waals surface area contributed by atoms with E-state index >= 15 is 0 Å². The van der Waals surface area contributed by atoms with Crippen molar-refractivity contribution in [1.29, 1.82) is 0 Å². The smallest absolute Gasteiger partial charge is 0.220 e. The molecule has 1 aliphatic rings. The molecular weight excluding hydrogens is 384 g/mol. The number of carbonyl (C=O) groups excluding carboxylic acids is 1. The number of primary amides is 1. The second-order valence-corrected chi connectivity index (χ2v) is 8.18. The van der Waals surface area contributed by atoms with E-state index in [1.54, 1.807) is 0 Å². The molecule has 5 heteroatoms. The summed E-state index contributed by atoms with van der Waals surface area (Å²) in [5.74, 6) is 0.893. The number of hydrogen-bond acceptors (Lipinski definition) is 3. The fourth-order valence-electron chi connectivity index (χ4n) is 3.88. The Morgan fingerprint density at radius 3 is 2.38 bits per heavy atom. The van der Waals surface area contributed by atoms with Crippen molar-refractivity contribution in [2.45, 2.75) is 38.5 Å². The molecular formula is C24H31ClN2O2. The molecule has 1 amide bonds. The first-order valence-electron chi connectivity index (χ1n) is 10.6. The van der Waals surface area contributed by atoms with E-state index in [1.165, 1.54) is 11.1 Å². The van der Waals surface area contributed by atoms with Crippen LogP contribution in [0, 0.1) is 5.92 Å². The molecule has 0 radical (unpaired) electrons. The minimum absolute atomic E-state index is 0.0665. The quantitative estimate of drug-likeness (QED) is 0.583. The molecule has 29 heavy (non-hydrogen) atoms. The van der Waals surface area contributed by atoms with Gasteiger partial charge in [-0.25, -0.2) is 0 Å². The van der Waals surface area contributed by atoms with E-state index in [-0.39, 0.29) is 11.8 Å². The number of amides is 1. The van der Waals surface area contributed by atoms with Crippen LogP contribution in [-0.4, -0.2) is 37.0 Å². The third-order valence-electron chi connectivity index (χ3n) is 5.71. The second kappa shape index (κ2) is 11.2. The summed E-state index contributed by atoms with van der Waals surface area (Å²) < 4.78 is 6.08. The molecule has 156 valence electrons. The number of nitrogens with zero attached hydrogens (tertiary/aromatic N) is 1. The van der Waals surface area contributed by atoms with Crippen molar-refractivity contribution in [3.05, 3.63) is 64.7 Å². The molecule has 2 aromatic carbocycles. The summed E-state index contributed by atoms with van der Waals surface area (Å²) in [6.45, 7) is 3.72. The number of rotatable bonds is 10. The van der Waals surface area contributed by atoms with Gasteiger partial charge in [0.2, 0.25) is 5.91 Å². The molecule has 0 spiro atoms. The molecule has 2 N–H and O–H groups in total. The average Bonchev–Trinajstić information content (AvgIpc) is 2.74. The topological polar surface area (TPSA) is 55.6 Å². The van der Waals surface area contributed by atoms with Crippen molar-refractivity contribution in [2.75, 3.05) is 26.2 Å². The van der Waals surface area contributed by atoms with Gasteiger partial charge in [0.25, 0.3) is 0 Å². The molecule has 0 unspecified atom stereocenters. The van der Waals surface area contributed by atoms with Gasteiger partial charge in [0.05, 0.1) is 6.61 Å². The third kappa shape index (κ3) is 6.76. The maximum atomic E-state index is 11.2. The lowest BCUT2D eigenvalue weighted by Gasteiger charge is -2.30. The van der Waals surface area contributed by atoms with Crippen LogP contribution in [0.3, 0.4) is 0 Å².